The minimum absolute atomic E-state index is 0.0465. The van der Waals surface area contributed by atoms with Crippen LogP contribution in [0.4, 0.5) is 4.39 Å². The van der Waals surface area contributed by atoms with Crippen LogP contribution in [0.5, 0.6) is 5.75 Å². The second-order valence-electron chi connectivity index (χ2n) is 8.02. The van der Waals surface area contributed by atoms with Crippen molar-refractivity contribution in [3.05, 3.63) is 65.0 Å². The Bertz CT molecular complexity index is 883. The average Bonchev–Trinajstić information content (AvgIpc) is 2.73. The molecule has 160 valence electrons. The van der Waals surface area contributed by atoms with Crippen LogP contribution in [0.2, 0.25) is 0 Å². The number of halogens is 1. The van der Waals surface area contributed by atoms with Crippen molar-refractivity contribution >= 4 is 11.7 Å². The first-order chi connectivity index (χ1) is 14.4. The molecule has 1 aliphatic rings. The zero-order valence-electron chi connectivity index (χ0n) is 17.4. The smallest absolute Gasteiger partial charge is 0.252 e. The summed E-state index contributed by atoms with van der Waals surface area (Å²) in [5, 5.41) is 0. The first-order valence-electron chi connectivity index (χ1n) is 10.5. The van der Waals surface area contributed by atoms with Crippen LogP contribution in [0.1, 0.15) is 52.0 Å². The molecule has 2 N–H and O–H groups in total. The molecule has 2 aromatic carbocycles. The number of nitrogens with two attached hydrogens (primary N) is 1. The molecule has 30 heavy (non-hydrogen) atoms. The van der Waals surface area contributed by atoms with Crippen LogP contribution in [0.15, 0.2) is 42.5 Å². The Kier molecular flexibility index (Phi) is 7.57. The van der Waals surface area contributed by atoms with Gasteiger partial charge in [-0.15, -0.1) is 0 Å². The number of carbonyl (C=O) groups is 2. The molecule has 0 aromatic heterocycles. The number of benzene rings is 2. The third-order valence-electron chi connectivity index (χ3n) is 5.52. The number of nitrogens with zero attached hydrogens (tertiary/aromatic N) is 1. The molecule has 5 nitrogen and oxygen atoms in total. The molecule has 0 aliphatic carbocycles. The Morgan fingerprint density at radius 1 is 1.20 bits per heavy atom. The largest absolute Gasteiger partial charge is 0.492 e. The summed E-state index contributed by atoms with van der Waals surface area (Å²) in [6, 6.07) is 11.2. The van der Waals surface area contributed by atoms with Gasteiger partial charge in [-0.3, -0.25) is 9.59 Å². The van der Waals surface area contributed by atoms with E-state index in [1.807, 2.05) is 13.0 Å². The molecule has 1 amide bonds. The zero-order chi connectivity index (χ0) is 21.5. The van der Waals surface area contributed by atoms with Crippen LogP contribution < -0.4 is 10.5 Å². The third-order valence-corrected chi connectivity index (χ3v) is 5.52. The number of rotatable bonds is 9. The average molecular weight is 413 g/mol. The van der Waals surface area contributed by atoms with Gasteiger partial charge >= 0.3 is 0 Å². The molecule has 1 aliphatic heterocycles. The highest BCUT2D eigenvalue weighted by molar-refractivity contribution is 5.96. The van der Waals surface area contributed by atoms with Crippen LogP contribution in [0, 0.1) is 18.7 Å². The Hall–Kier alpha value is -2.73. The molecular formula is C24H29FN2O3. The van der Waals surface area contributed by atoms with Crippen LogP contribution in [-0.4, -0.2) is 42.8 Å². The van der Waals surface area contributed by atoms with Crippen molar-refractivity contribution in [2.75, 3.05) is 26.2 Å². The Morgan fingerprint density at radius 2 is 1.97 bits per heavy atom. The first-order valence-corrected chi connectivity index (χ1v) is 10.5. The van der Waals surface area contributed by atoms with Crippen molar-refractivity contribution < 1.29 is 18.7 Å². The van der Waals surface area contributed by atoms with E-state index in [-0.39, 0.29) is 11.6 Å². The molecule has 1 unspecified atom stereocenters. The van der Waals surface area contributed by atoms with E-state index in [0.29, 0.717) is 35.8 Å². The number of Topliss-reactive ketones (excluding diaryl/α,β-unsaturated/α-hetero) is 1. The van der Waals surface area contributed by atoms with Crippen molar-refractivity contribution in [2.24, 2.45) is 11.7 Å². The van der Waals surface area contributed by atoms with Gasteiger partial charge < -0.3 is 15.4 Å². The fraction of sp³-hybridized carbons (Fsp3) is 0.417. The number of ether oxygens (including phenoxy) is 1. The van der Waals surface area contributed by atoms with Crippen LogP contribution in [-0.2, 0) is 0 Å². The minimum Gasteiger partial charge on any atom is -0.492 e. The van der Waals surface area contributed by atoms with Gasteiger partial charge in [0.1, 0.15) is 11.6 Å². The number of ketones is 1. The summed E-state index contributed by atoms with van der Waals surface area (Å²) in [5.41, 5.74) is 7.42. The molecular weight excluding hydrogens is 383 g/mol. The molecule has 1 fully saturated rings. The molecule has 0 bridgehead atoms. The van der Waals surface area contributed by atoms with Gasteiger partial charge in [0, 0.05) is 24.4 Å². The van der Waals surface area contributed by atoms with Crippen molar-refractivity contribution in [1.29, 1.82) is 0 Å². The van der Waals surface area contributed by atoms with Gasteiger partial charge in [-0.25, -0.2) is 4.39 Å². The SMILES string of the molecule is Cc1ccc(OCC2CCCN(CCCC(=O)c3ccc(F)cc3)C2)c(C(N)=O)c1. The van der Waals surface area contributed by atoms with E-state index in [9.17, 15) is 14.0 Å². The van der Waals surface area contributed by atoms with E-state index >= 15 is 0 Å². The lowest BCUT2D eigenvalue weighted by Gasteiger charge is -2.32. The highest BCUT2D eigenvalue weighted by atomic mass is 19.1. The standard InChI is InChI=1S/C24H29FN2O3/c1-17-6-11-23(21(14-17)24(26)29)30-16-18-4-2-12-27(15-18)13-3-5-22(28)19-7-9-20(25)10-8-19/h6-11,14,18H,2-5,12-13,15-16H2,1H3,(H2,26,29). The molecule has 6 heteroatoms. The normalized spacial score (nSPS) is 16.9. The van der Waals surface area contributed by atoms with Gasteiger partial charge in [0.15, 0.2) is 5.78 Å². The second kappa shape index (κ2) is 10.3. The number of likely N-dealkylation sites (tertiary alicyclic amines) is 1. The topological polar surface area (TPSA) is 72.6 Å². The second-order valence-corrected chi connectivity index (χ2v) is 8.02. The van der Waals surface area contributed by atoms with Gasteiger partial charge in [-0.2, -0.15) is 0 Å². The molecule has 1 saturated heterocycles. The number of carbonyl (C=O) groups excluding carboxylic acids is 2. The van der Waals surface area contributed by atoms with Crippen molar-refractivity contribution in [3.63, 3.8) is 0 Å². The number of piperidine rings is 1. The van der Waals surface area contributed by atoms with E-state index in [0.717, 1.165) is 44.5 Å². The molecule has 0 radical (unpaired) electrons. The first kappa shape index (κ1) is 22.0. The highest BCUT2D eigenvalue weighted by Gasteiger charge is 2.21. The van der Waals surface area contributed by atoms with Crippen LogP contribution in [0.3, 0.4) is 0 Å². The lowest BCUT2D eigenvalue weighted by Crippen LogP contribution is -2.38. The maximum absolute atomic E-state index is 13.0. The summed E-state index contributed by atoms with van der Waals surface area (Å²) in [7, 11) is 0. The number of amides is 1. The minimum atomic E-state index is -0.482. The monoisotopic (exact) mass is 412 g/mol. The molecule has 1 heterocycles. The summed E-state index contributed by atoms with van der Waals surface area (Å²) in [6.07, 6.45) is 3.38. The summed E-state index contributed by atoms with van der Waals surface area (Å²) >= 11 is 0. The van der Waals surface area contributed by atoms with Crippen molar-refractivity contribution in [1.82, 2.24) is 4.90 Å². The van der Waals surface area contributed by atoms with E-state index in [2.05, 4.69) is 4.90 Å². The van der Waals surface area contributed by atoms with Crippen molar-refractivity contribution in [2.45, 2.75) is 32.6 Å². The van der Waals surface area contributed by atoms with Gasteiger partial charge in [0.25, 0.3) is 5.91 Å². The molecule has 0 saturated carbocycles. The van der Waals surface area contributed by atoms with Gasteiger partial charge in [-0.1, -0.05) is 11.6 Å². The fourth-order valence-electron chi connectivity index (χ4n) is 3.90. The number of hydrogen-bond acceptors (Lipinski definition) is 4. The maximum Gasteiger partial charge on any atom is 0.252 e. The van der Waals surface area contributed by atoms with Crippen molar-refractivity contribution in [3.8, 4) is 5.75 Å². The molecule has 1 atom stereocenters. The van der Waals surface area contributed by atoms with E-state index in [4.69, 9.17) is 10.5 Å². The lowest BCUT2D eigenvalue weighted by molar-refractivity contribution is 0.0952. The van der Waals surface area contributed by atoms with Crippen LogP contribution in [0.25, 0.3) is 0 Å². The van der Waals surface area contributed by atoms with Crippen LogP contribution >= 0.6 is 0 Å². The predicted octanol–water partition coefficient (Wildman–Crippen LogP) is 3.99. The zero-order valence-corrected chi connectivity index (χ0v) is 17.4. The van der Waals surface area contributed by atoms with Gasteiger partial charge in [0.05, 0.1) is 12.2 Å². The highest BCUT2D eigenvalue weighted by Crippen LogP contribution is 2.23. The quantitative estimate of drug-likeness (QED) is 0.632. The molecule has 0 spiro atoms. The third kappa shape index (κ3) is 6.13. The number of hydrogen-bond donors (Lipinski definition) is 1. The fourth-order valence-corrected chi connectivity index (χ4v) is 3.90. The lowest BCUT2D eigenvalue weighted by atomic mass is 9.98. The Morgan fingerprint density at radius 3 is 2.70 bits per heavy atom. The number of primary amides is 1. The molecule has 3 rings (SSSR count). The number of aryl methyl sites for hydroxylation is 1. The van der Waals surface area contributed by atoms with E-state index < -0.39 is 5.91 Å². The summed E-state index contributed by atoms with van der Waals surface area (Å²) in [4.78, 5) is 26.3. The summed E-state index contributed by atoms with van der Waals surface area (Å²) in [5.74, 6) is 0.139. The maximum atomic E-state index is 13.0. The van der Waals surface area contributed by atoms with Gasteiger partial charge in [-0.05, 0) is 75.7 Å². The van der Waals surface area contributed by atoms with Gasteiger partial charge in [0.2, 0.25) is 0 Å². The summed E-state index contributed by atoms with van der Waals surface area (Å²) in [6.45, 7) is 5.21. The summed E-state index contributed by atoms with van der Waals surface area (Å²) < 4.78 is 18.9. The van der Waals surface area contributed by atoms with E-state index in [1.165, 1.54) is 24.3 Å². The predicted molar refractivity (Wildman–Crippen MR) is 114 cm³/mol. The Balaban J connectivity index is 1.45. The van der Waals surface area contributed by atoms with E-state index in [1.54, 1.807) is 12.1 Å². The molecule has 2 aromatic rings. The Labute approximate surface area is 177 Å².